The molecule has 0 aliphatic heterocycles. The van der Waals surface area contributed by atoms with E-state index in [1.54, 1.807) is 18.3 Å². The van der Waals surface area contributed by atoms with E-state index in [2.05, 4.69) is 10.1 Å². The standard InChI is InChI=1S/C14H12FN3/c1-9-13-12(18(2)17-9)7-8-16-14(13)10-3-5-11(15)6-4-10/h3-8H,1-2H3. The van der Waals surface area contributed by atoms with Crippen LogP contribution in [-0.4, -0.2) is 14.8 Å². The highest BCUT2D eigenvalue weighted by molar-refractivity contribution is 5.94. The van der Waals surface area contributed by atoms with E-state index < -0.39 is 0 Å². The van der Waals surface area contributed by atoms with Gasteiger partial charge in [0.1, 0.15) is 5.82 Å². The van der Waals surface area contributed by atoms with Crippen molar-refractivity contribution in [2.24, 2.45) is 7.05 Å². The Labute approximate surface area is 104 Å². The van der Waals surface area contributed by atoms with E-state index >= 15 is 0 Å². The number of hydrogen-bond donors (Lipinski definition) is 0. The van der Waals surface area contributed by atoms with Gasteiger partial charge in [0.05, 0.1) is 16.9 Å². The Morgan fingerprint density at radius 1 is 1.11 bits per heavy atom. The highest BCUT2D eigenvalue weighted by atomic mass is 19.1. The van der Waals surface area contributed by atoms with Crippen LogP contribution in [0.3, 0.4) is 0 Å². The molecule has 0 aliphatic rings. The number of halogens is 1. The van der Waals surface area contributed by atoms with Gasteiger partial charge in [-0.25, -0.2) is 4.39 Å². The summed E-state index contributed by atoms with van der Waals surface area (Å²) < 4.78 is 14.8. The lowest BCUT2D eigenvalue weighted by Crippen LogP contribution is -1.90. The molecular weight excluding hydrogens is 229 g/mol. The van der Waals surface area contributed by atoms with Gasteiger partial charge in [-0.2, -0.15) is 5.10 Å². The maximum atomic E-state index is 13.0. The van der Waals surface area contributed by atoms with E-state index in [0.29, 0.717) is 0 Å². The Balaban J connectivity index is 2.32. The third kappa shape index (κ3) is 1.57. The molecule has 3 rings (SSSR count). The van der Waals surface area contributed by atoms with E-state index in [0.717, 1.165) is 27.9 Å². The molecule has 3 aromatic rings. The number of pyridine rings is 1. The third-order valence-corrected chi connectivity index (χ3v) is 3.06. The van der Waals surface area contributed by atoms with Gasteiger partial charge >= 0.3 is 0 Å². The molecule has 4 heteroatoms. The summed E-state index contributed by atoms with van der Waals surface area (Å²) in [5, 5.41) is 5.42. The smallest absolute Gasteiger partial charge is 0.123 e. The van der Waals surface area contributed by atoms with Gasteiger partial charge in [0.25, 0.3) is 0 Å². The molecule has 90 valence electrons. The van der Waals surface area contributed by atoms with Gasteiger partial charge in [-0.3, -0.25) is 9.67 Å². The number of aromatic nitrogens is 3. The van der Waals surface area contributed by atoms with Crippen LogP contribution in [0.5, 0.6) is 0 Å². The lowest BCUT2D eigenvalue weighted by atomic mass is 10.1. The van der Waals surface area contributed by atoms with Crippen LogP contribution in [0.2, 0.25) is 0 Å². The van der Waals surface area contributed by atoms with Gasteiger partial charge in [0.15, 0.2) is 0 Å². The maximum absolute atomic E-state index is 13.0. The van der Waals surface area contributed by atoms with Gasteiger partial charge in [0, 0.05) is 24.2 Å². The van der Waals surface area contributed by atoms with Crippen molar-refractivity contribution in [1.29, 1.82) is 0 Å². The molecule has 0 atom stereocenters. The summed E-state index contributed by atoms with van der Waals surface area (Å²) >= 11 is 0. The second-order valence-electron chi connectivity index (χ2n) is 4.27. The molecule has 0 spiro atoms. The summed E-state index contributed by atoms with van der Waals surface area (Å²) in [6.07, 6.45) is 1.75. The Morgan fingerprint density at radius 3 is 2.56 bits per heavy atom. The largest absolute Gasteiger partial charge is 0.268 e. The molecular formula is C14H12FN3. The molecule has 2 heterocycles. The minimum absolute atomic E-state index is 0.242. The highest BCUT2D eigenvalue weighted by Crippen LogP contribution is 2.28. The minimum Gasteiger partial charge on any atom is -0.268 e. The monoisotopic (exact) mass is 241 g/mol. The first-order chi connectivity index (χ1) is 8.66. The van der Waals surface area contributed by atoms with Crippen molar-refractivity contribution in [1.82, 2.24) is 14.8 Å². The maximum Gasteiger partial charge on any atom is 0.123 e. The zero-order valence-electron chi connectivity index (χ0n) is 10.2. The molecule has 18 heavy (non-hydrogen) atoms. The van der Waals surface area contributed by atoms with Gasteiger partial charge < -0.3 is 0 Å². The third-order valence-electron chi connectivity index (χ3n) is 3.06. The number of fused-ring (bicyclic) bond motifs is 1. The molecule has 0 bridgehead atoms. The van der Waals surface area contributed by atoms with Gasteiger partial charge in [-0.05, 0) is 37.3 Å². The van der Waals surface area contributed by atoms with Crippen molar-refractivity contribution in [3.05, 3.63) is 48.0 Å². The summed E-state index contributed by atoms with van der Waals surface area (Å²) in [7, 11) is 1.91. The van der Waals surface area contributed by atoms with Gasteiger partial charge in [-0.1, -0.05) is 0 Å². The Kier molecular flexibility index (Phi) is 2.37. The van der Waals surface area contributed by atoms with E-state index in [9.17, 15) is 4.39 Å². The molecule has 2 aromatic heterocycles. The van der Waals surface area contributed by atoms with Crippen molar-refractivity contribution in [2.75, 3.05) is 0 Å². The van der Waals surface area contributed by atoms with Crippen molar-refractivity contribution in [3.8, 4) is 11.3 Å². The predicted octanol–water partition coefficient (Wildman–Crippen LogP) is 3.08. The summed E-state index contributed by atoms with van der Waals surface area (Å²) in [6, 6.07) is 8.30. The number of rotatable bonds is 1. The predicted molar refractivity (Wildman–Crippen MR) is 68.6 cm³/mol. The van der Waals surface area contributed by atoms with Crippen LogP contribution in [0, 0.1) is 12.7 Å². The summed E-state index contributed by atoms with van der Waals surface area (Å²) in [5.41, 5.74) is 3.71. The Hall–Kier alpha value is -2.23. The number of aryl methyl sites for hydroxylation is 2. The first-order valence-electron chi connectivity index (χ1n) is 5.71. The van der Waals surface area contributed by atoms with Crippen LogP contribution in [0.4, 0.5) is 4.39 Å². The minimum atomic E-state index is -0.242. The molecule has 0 fully saturated rings. The number of nitrogens with zero attached hydrogens (tertiary/aromatic N) is 3. The summed E-state index contributed by atoms with van der Waals surface area (Å²) in [5.74, 6) is -0.242. The van der Waals surface area contributed by atoms with Gasteiger partial charge in [-0.15, -0.1) is 0 Å². The summed E-state index contributed by atoms with van der Waals surface area (Å²) in [4.78, 5) is 4.41. The van der Waals surface area contributed by atoms with Crippen molar-refractivity contribution >= 4 is 10.9 Å². The van der Waals surface area contributed by atoms with E-state index in [1.165, 1.54) is 12.1 Å². The van der Waals surface area contributed by atoms with E-state index in [4.69, 9.17) is 0 Å². The topological polar surface area (TPSA) is 30.7 Å². The SMILES string of the molecule is Cc1nn(C)c2ccnc(-c3ccc(F)cc3)c12. The fourth-order valence-corrected chi connectivity index (χ4v) is 2.23. The fourth-order valence-electron chi connectivity index (χ4n) is 2.23. The average molecular weight is 241 g/mol. The highest BCUT2D eigenvalue weighted by Gasteiger charge is 2.12. The summed E-state index contributed by atoms with van der Waals surface area (Å²) in [6.45, 7) is 1.96. The van der Waals surface area contributed by atoms with Crippen LogP contribution in [0.1, 0.15) is 5.69 Å². The van der Waals surface area contributed by atoms with Gasteiger partial charge in [0.2, 0.25) is 0 Å². The first-order valence-corrected chi connectivity index (χ1v) is 5.71. The fraction of sp³-hybridized carbons (Fsp3) is 0.143. The van der Waals surface area contributed by atoms with Crippen molar-refractivity contribution in [3.63, 3.8) is 0 Å². The Morgan fingerprint density at radius 2 is 1.83 bits per heavy atom. The first kappa shape index (κ1) is 10.9. The second kappa shape index (κ2) is 3.91. The zero-order chi connectivity index (χ0) is 12.7. The normalized spacial score (nSPS) is 11.1. The molecule has 0 unspecified atom stereocenters. The van der Waals surface area contributed by atoms with Crippen LogP contribution in [-0.2, 0) is 7.05 Å². The molecule has 0 radical (unpaired) electrons. The molecule has 0 amide bonds. The van der Waals surface area contributed by atoms with Crippen LogP contribution < -0.4 is 0 Å². The van der Waals surface area contributed by atoms with E-state index in [1.807, 2.05) is 24.7 Å². The van der Waals surface area contributed by atoms with E-state index in [-0.39, 0.29) is 5.82 Å². The molecule has 3 nitrogen and oxygen atoms in total. The van der Waals surface area contributed by atoms with Crippen molar-refractivity contribution in [2.45, 2.75) is 6.92 Å². The zero-order valence-corrected chi connectivity index (χ0v) is 10.2. The molecule has 1 aromatic carbocycles. The van der Waals surface area contributed by atoms with Crippen LogP contribution in [0.25, 0.3) is 22.2 Å². The quantitative estimate of drug-likeness (QED) is 0.655. The Bertz CT molecular complexity index is 714. The number of hydrogen-bond acceptors (Lipinski definition) is 2. The van der Waals surface area contributed by atoms with Crippen molar-refractivity contribution < 1.29 is 4.39 Å². The number of benzene rings is 1. The second-order valence-corrected chi connectivity index (χ2v) is 4.27. The molecule has 0 saturated heterocycles. The lowest BCUT2D eigenvalue weighted by molar-refractivity contribution is 0.628. The molecule has 0 aliphatic carbocycles. The van der Waals surface area contributed by atoms with Crippen LogP contribution >= 0.6 is 0 Å². The molecule has 0 saturated carbocycles. The van der Waals surface area contributed by atoms with Crippen LogP contribution in [0.15, 0.2) is 36.5 Å². The molecule has 0 N–H and O–H groups in total. The lowest BCUT2D eigenvalue weighted by Gasteiger charge is -2.03. The average Bonchev–Trinajstić information content (AvgIpc) is 2.66.